The molecule has 2 fully saturated rings. The molecule has 2 unspecified atom stereocenters. The number of H-pyrrole nitrogens is 1. The number of thiophene rings is 1. The number of hydrogen-bond acceptors (Lipinski definition) is 5. The molecule has 2 atom stereocenters. The predicted octanol–water partition coefficient (Wildman–Crippen LogP) is 6.08. The molecule has 0 radical (unpaired) electrons. The normalized spacial score (nSPS) is 23.7. The monoisotopic (exact) mass is 455 g/mol. The summed E-state index contributed by atoms with van der Waals surface area (Å²) >= 11 is 1.81. The number of allylic oxidation sites excluding steroid dienone is 2. The Kier molecular flexibility index (Phi) is 4.71. The van der Waals surface area contributed by atoms with Crippen molar-refractivity contribution in [2.45, 2.75) is 44.6 Å². The number of nitrogens with zero attached hydrogens (tertiary/aromatic N) is 2. The van der Waals surface area contributed by atoms with Crippen molar-refractivity contribution >= 4 is 27.9 Å². The average Bonchev–Trinajstić information content (AvgIpc) is 3.56. The highest BCUT2D eigenvalue weighted by atomic mass is 32.1. The number of rotatable bonds is 4. The molecule has 3 aliphatic rings. The maximum absolute atomic E-state index is 13.4. The van der Waals surface area contributed by atoms with E-state index in [1.165, 1.54) is 35.7 Å². The van der Waals surface area contributed by atoms with Crippen LogP contribution in [0.2, 0.25) is 0 Å². The zero-order valence-electron chi connectivity index (χ0n) is 17.6. The Balaban J connectivity index is 1.30. The van der Waals surface area contributed by atoms with Gasteiger partial charge in [0.05, 0.1) is 0 Å². The summed E-state index contributed by atoms with van der Waals surface area (Å²) in [6.07, 6.45) is 5.74. The lowest BCUT2D eigenvalue weighted by molar-refractivity contribution is -0.341. The Morgan fingerprint density at radius 1 is 1.25 bits per heavy atom. The maximum atomic E-state index is 13.4. The number of ether oxygens (including phenoxy) is 2. The average molecular weight is 456 g/mol. The molecule has 8 heteroatoms. The lowest BCUT2D eigenvalue weighted by Crippen LogP contribution is -2.22. The first-order valence-corrected chi connectivity index (χ1v) is 11.8. The fourth-order valence-electron chi connectivity index (χ4n) is 4.83. The second-order valence-corrected chi connectivity index (χ2v) is 9.70. The van der Waals surface area contributed by atoms with Gasteiger partial charge < -0.3 is 9.72 Å². The van der Waals surface area contributed by atoms with Crippen LogP contribution < -0.4 is 0 Å². The molecule has 6 rings (SSSR count). The van der Waals surface area contributed by atoms with Gasteiger partial charge in [0.1, 0.15) is 17.5 Å². The summed E-state index contributed by atoms with van der Waals surface area (Å²) in [6, 6.07) is 6.95. The molecule has 5 nitrogen and oxygen atoms in total. The molecule has 166 valence electrons. The van der Waals surface area contributed by atoms with Gasteiger partial charge in [-0.05, 0) is 62.7 Å². The fraction of sp³-hybridized carbons (Fsp3) is 0.375. The minimum absolute atomic E-state index is 0.177. The van der Waals surface area contributed by atoms with Gasteiger partial charge in [-0.3, -0.25) is 9.64 Å². The minimum Gasteiger partial charge on any atom is -0.411 e. The van der Waals surface area contributed by atoms with E-state index in [1.54, 1.807) is 6.08 Å². The Morgan fingerprint density at radius 2 is 2.09 bits per heavy atom. The number of alkyl halides is 2. The molecule has 32 heavy (non-hydrogen) atoms. The molecule has 1 N–H and O–H groups in total. The van der Waals surface area contributed by atoms with Gasteiger partial charge in [-0.25, -0.2) is 4.98 Å². The number of fused-ring (bicyclic) bond motifs is 2. The number of pyridine rings is 1. The highest BCUT2D eigenvalue weighted by Crippen LogP contribution is 2.42. The van der Waals surface area contributed by atoms with E-state index in [1.807, 2.05) is 29.8 Å². The summed E-state index contributed by atoms with van der Waals surface area (Å²) in [7, 11) is 0. The van der Waals surface area contributed by atoms with Crippen LogP contribution in [0.15, 0.2) is 48.5 Å². The van der Waals surface area contributed by atoms with Crippen LogP contribution in [0.25, 0.3) is 27.0 Å². The first-order valence-electron chi connectivity index (χ1n) is 10.9. The molecule has 0 bridgehead atoms. The van der Waals surface area contributed by atoms with E-state index in [9.17, 15) is 8.78 Å². The number of aromatic amines is 1. The SMILES string of the molecule is CC(c1ccc(-c2cnc3[nH]cc(C4=CC=C5OC(F)(F)OC5C4)c3c2)s1)N1CCCC1. The smallest absolute Gasteiger partial charge is 0.411 e. The summed E-state index contributed by atoms with van der Waals surface area (Å²) in [5.41, 5.74) is 3.70. The summed E-state index contributed by atoms with van der Waals surface area (Å²) in [5, 5.41) is 0.971. The molecule has 0 spiro atoms. The van der Waals surface area contributed by atoms with Gasteiger partial charge in [0.2, 0.25) is 0 Å². The molecule has 3 aromatic rings. The third-order valence-corrected chi connectivity index (χ3v) is 7.88. The Labute approximate surface area is 188 Å². The van der Waals surface area contributed by atoms with Crippen LogP contribution in [-0.2, 0) is 9.47 Å². The van der Waals surface area contributed by atoms with E-state index >= 15 is 0 Å². The van der Waals surface area contributed by atoms with Crippen molar-refractivity contribution in [2.24, 2.45) is 0 Å². The molecule has 5 heterocycles. The number of aromatic nitrogens is 2. The lowest BCUT2D eigenvalue weighted by Gasteiger charge is -2.22. The highest BCUT2D eigenvalue weighted by molar-refractivity contribution is 7.15. The van der Waals surface area contributed by atoms with Crippen molar-refractivity contribution in [1.29, 1.82) is 0 Å². The van der Waals surface area contributed by atoms with Gasteiger partial charge in [0, 0.05) is 51.1 Å². The van der Waals surface area contributed by atoms with Crippen LogP contribution in [0.4, 0.5) is 8.78 Å². The minimum atomic E-state index is -3.56. The van der Waals surface area contributed by atoms with E-state index in [-0.39, 0.29) is 5.76 Å². The van der Waals surface area contributed by atoms with Gasteiger partial charge >= 0.3 is 6.29 Å². The highest BCUT2D eigenvalue weighted by Gasteiger charge is 2.48. The van der Waals surface area contributed by atoms with Gasteiger partial charge in [-0.1, -0.05) is 6.08 Å². The summed E-state index contributed by atoms with van der Waals surface area (Å²) < 4.78 is 36.2. The van der Waals surface area contributed by atoms with E-state index in [0.717, 1.165) is 27.7 Å². The molecule has 3 aromatic heterocycles. The van der Waals surface area contributed by atoms with Gasteiger partial charge in [-0.2, -0.15) is 0 Å². The zero-order valence-corrected chi connectivity index (χ0v) is 18.4. The zero-order chi connectivity index (χ0) is 21.9. The molecule has 0 amide bonds. The first kappa shape index (κ1) is 20.1. The van der Waals surface area contributed by atoms with Crippen molar-refractivity contribution < 1.29 is 18.3 Å². The van der Waals surface area contributed by atoms with E-state index < -0.39 is 12.4 Å². The van der Waals surface area contributed by atoms with E-state index in [0.29, 0.717) is 12.5 Å². The molecular formula is C24H23F2N3O2S. The quantitative estimate of drug-likeness (QED) is 0.518. The van der Waals surface area contributed by atoms with Crippen LogP contribution in [-0.4, -0.2) is 40.4 Å². The molecule has 2 saturated heterocycles. The second kappa shape index (κ2) is 7.50. The van der Waals surface area contributed by atoms with Gasteiger partial charge in [0.15, 0.2) is 0 Å². The molecule has 2 aliphatic heterocycles. The maximum Gasteiger partial charge on any atom is 0.535 e. The van der Waals surface area contributed by atoms with E-state index in [4.69, 9.17) is 4.74 Å². The van der Waals surface area contributed by atoms with Crippen molar-refractivity contribution in [3.63, 3.8) is 0 Å². The molecule has 1 aliphatic carbocycles. The third-order valence-electron chi connectivity index (χ3n) is 6.58. The summed E-state index contributed by atoms with van der Waals surface area (Å²) in [4.78, 5) is 12.9. The lowest BCUT2D eigenvalue weighted by atomic mass is 9.94. The Hall–Kier alpha value is -2.55. The van der Waals surface area contributed by atoms with Crippen molar-refractivity contribution in [3.8, 4) is 10.4 Å². The Bertz CT molecular complexity index is 1240. The number of nitrogens with one attached hydrogen (secondary N) is 1. The van der Waals surface area contributed by atoms with Crippen LogP contribution >= 0.6 is 11.3 Å². The van der Waals surface area contributed by atoms with Crippen LogP contribution in [0.1, 0.15) is 42.7 Å². The number of likely N-dealkylation sites (tertiary alicyclic amines) is 1. The number of hydrogen-bond donors (Lipinski definition) is 1. The van der Waals surface area contributed by atoms with Crippen LogP contribution in [0.3, 0.4) is 0 Å². The molecule has 0 aromatic carbocycles. The van der Waals surface area contributed by atoms with Crippen molar-refractivity contribution in [1.82, 2.24) is 14.9 Å². The summed E-state index contributed by atoms with van der Waals surface area (Å²) in [6.45, 7) is 4.62. The van der Waals surface area contributed by atoms with Crippen molar-refractivity contribution in [2.75, 3.05) is 13.1 Å². The predicted molar refractivity (Wildman–Crippen MR) is 120 cm³/mol. The standard InChI is InChI=1S/C24H23F2N3O2S/c1-14(29-8-2-3-9-29)21-6-7-22(32-21)16-10-17-18(13-28-23(17)27-12-16)15-4-5-19-20(11-15)31-24(25,26)30-19/h4-7,10,12-14,20H,2-3,8-9,11H2,1H3,(H,27,28). The van der Waals surface area contributed by atoms with E-state index in [2.05, 4.69) is 44.7 Å². The van der Waals surface area contributed by atoms with Crippen LogP contribution in [0, 0.1) is 0 Å². The molecule has 0 saturated carbocycles. The Morgan fingerprint density at radius 3 is 2.94 bits per heavy atom. The fourth-order valence-corrected chi connectivity index (χ4v) is 5.90. The van der Waals surface area contributed by atoms with Gasteiger partial charge in [0.25, 0.3) is 0 Å². The second-order valence-electron chi connectivity index (χ2n) is 8.58. The van der Waals surface area contributed by atoms with Crippen molar-refractivity contribution in [3.05, 3.63) is 58.9 Å². The van der Waals surface area contributed by atoms with Crippen LogP contribution in [0.5, 0.6) is 0 Å². The first-order chi connectivity index (χ1) is 15.5. The number of halogens is 2. The summed E-state index contributed by atoms with van der Waals surface area (Å²) in [5.74, 6) is 0.177. The molecular weight excluding hydrogens is 432 g/mol. The third kappa shape index (κ3) is 3.46. The topological polar surface area (TPSA) is 50.4 Å². The van der Waals surface area contributed by atoms with Gasteiger partial charge in [-0.15, -0.1) is 20.1 Å². The largest absolute Gasteiger partial charge is 0.535 e.